The van der Waals surface area contributed by atoms with E-state index >= 15 is 0 Å². The minimum atomic E-state index is -0.131. The van der Waals surface area contributed by atoms with Gasteiger partial charge in [0.05, 0.1) is 6.10 Å². The van der Waals surface area contributed by atoms with E-state index in [2.05, 4.69) is 16.8 Å². The third kappa shape index (κ3) is 3.09. The van der Waals surface area contributed by atoms with Crippen molar-refractivity contribution in [1.82, 2.24) is 9.80 Å². The van der Waals surface area contributed by atoms with E-state index in [1.54, 1.807) is 0 Å². The van der Waals surface area contributed by atoms with Gasteiger partial charge < -0.3 is 10.0 Å². The van der Waals surface area contributed by atoms with Gasteiger partial charge in [-0.15, -0.1) is 0 Å². The Hall–Kier alpha value is -0.120. The second kappa shape index (κ2) is 4.80. The zero-order valence-electron chi connectivity index (χ0n) is 8.16. The fraction of sp³-hybridized carbons (Fsp3) is 1.00. The van der Waals surface area contributed by atoms with Gasteiger partial charge in [0.2, 0.25) is 0 Å². The topological polar surface area (TPSA) is 26.7 Å². The molecule has 0 radical (unpaired) electrons. The SMILES string of the molecule is CCC(O)CN1CCN(C)CC1. The van der Waals surface area contributed by atoms with Crippen LogP contribution in [0.2, 0.25) is 0 Å². The second-order valence-electron chi connectivity index (χ2n) is 3.67. The average molecular weight is 172 g/mol. The molecule has 1 rings (SSSR count). The first-order valence-corrected chi connectivity index (χ1v) is 4.81. The molecule has 0 aromatic carbocycles. The molecule has 0 saturated carbocycles. The van der Waals surface area contributed by atoms with Crippen LogP contribution in [-0.2, 0) is 0 Å². The van der Waals surface area contributed by atoms with Crippen LogP contribution in [0.25, 0.3) is 0 Å². The Morgan fingerprint density at radius 2 is 1.83 bits per heavy atom. The third-order valence-electron chi connectivity index (χ3n) is 2.54. The molecule has 1 N–H and O–H groups in total. The number of hydrogen-bond donors (Lipinski definition) is 1. The van der Waals surface area contributed by atoms with Crippen LogP contribution in [0.4, 0.5) is 0 Å². The summed E-state index contributed by atoms with van der Waals surface area (Å²) >= 11 is 0. The highest BCUT2D eigenvalue weighted by Gasteiger charge is 2.15. The predicted molar refractivity (Wildman–Crippen MR) is 50.2 cm³/mol. The Labute approximate surface area is 75.0 Å². The summed E-state index contributed by atoms with van der Waals surface area (Å²) in [6, 6.07) is 0. The maximum Gasteiger partial charge on any atom is 0.0664 e. The lowest BCUT2D eigenvalue weighted by molar-refractivity contribution is 0.0786. The van der Waals surface area contributed by atoms with E-state index in [-0.39, 0.29) is 6.10 Å². The monoisotopic (exact) mass is 172 g/mol. The zero-order valence-corrected chi connectivity index (χ0v) is 8.16. The van der Waals surface area contributed by atoms with Crippen molar-refractivity contribution in [1.29, 1.82) is 0 Å². The van der Waals surface area contributed by atoms with Crippen LogP contribution in [0.3, 0.4) is 0 Å². The lowest BCUT2D eigenvalue weighted by Gasteiger charge is -2.33. The van der Waals surface area contributed by atoms with Crippen molar-refractivity contribution in [2.24, 2.45) is 0 Å². The van der Waals surface area contributed by atoms with Crippen LogP contribution < -0.4 is 0 Å². The van der Waals surface area contributed by atoms with E-state index in [9.17, 15) is 5.11 Å². The van der Waals surface area contributed by atoms with Gasteiger partial charge in [-0.3, -0.25) is 4.90 Å². The summed E-state index contributed by atoms with van der Waals surface area (Å²) in [6.45, 7) is 7.36. The van der Waals surface area contributed by atoms with Crippen LogP contribution >= 0.6 is 0 Å². The standard InChI is InChI=1S/C9H20N2O/c1-3-9(12)8-11-6-4-10(2)5-7-11/h9,12H,3-8H2,1-2H3. The molecule has 3 nitrogen and oxygen atoms in total. The number of aliphatic hydroxyl groups excluding tert-OH is 1. The van der Waals surface area contributed by atoms with Crippen LogP contribution in [-0.4, -0.2) is 60.8 Å². The molecule has 12 heavy (non-hydrogen) atoms. The molecule has 0 aliphatic carbocycles. The Morgan fingerprint density at radius 1 is 1.25 bits per heavy atom. The summed E-state index contributed by atoms with van der Waals surface area (Å²) < 4.78 is 0. The van der Waals surface area contributed by atoms with Crippen molar-refractivity contribution < 1.29 is 5.11 Å². The van der Waals surface area contributed by atoms with Crippen molar-refractivity contribution in [2.75, 3.05) is 39.8 Å². The van der Waals surface area contributed by atoms with Gasteiger partial charge in [-0.1, -0.05) is 6.92 Å². The van der Waals surface area contributed by atoms with Crippen molar-refractivity contribution in [3.05, 3.63) is 0 Å². The lowest BCUT2D eigenvalue weighted by atomic mass is 10.2. The minimum Gasteiger partial charge on any atom is -0.392 e. The number of aliphatic hydroxyl groups is 1. The molecule has 0 bridgehead atoms. The minimum absolute atomic E-state index is 0.131. The van der Waals surface area contributed by atoms with Gasteiger partial charge in [-0.05, 0) is 13.5 Å². The van der Waals surface area contributed by atoms with E-state index < -0.39 is 0 Å². The number of likely N-dealkylation sites (N-methyl/N-ethyl adjacent to an activating group) is 1. The summed E-state index contributed by atoms with van der Waals surface area (Å²) in [7, 11) is 2.15. The van der Waals surface area contributed by atoms with E-state index in [1.807, 2.05) is 6.92 Å². The molecular weight excluding hydrogens is 152 g/mol. The maximum absolute atomic E-state index is 9.42. The first kappa shape index (κ1) is 9.96. The molecule has 0 spiro atoms. The highest BCUT2D eigenvalue weighted by atomic mass is 16.3. The average Bonchev–Trinajstić information content (AvgIpc) is 2.09. The fourth-order valence-corrected chi connectivity index (χ4v) is 1.46. The number of hydrogen-bond acceptors (Lipinski definition) is 3. The Balaban J connectivity index is 2.17. The van der Waals surface area contributed by atoms with E-state index in [4.69, 9.17) is 0 Å². The highest BCUT2D eigenvalue weighted by Crippen LogP contribution is 2.01. The Morgan fingerprint density at radius 3 is 2.33 bits per heavy atom. The van der Waals surface area contributed by atoms with E-state index in [0.717, 1.165) is 39.1 Å². The van der Waals surface area contributed by atoms with Crippen molar-refractivity contribution in [3.63, 3.8) is 0 Å². The van der Waals surface area contributed by atoms with Gasteiger partial charge in [0.1, 0.15) is 0 Å². The molecule has 1 fully saturated rings. The summed E-state index contributed by atoms with van der Waals surface area (Å²) in [5.74, 6) is 0. The van der Waals surface area contributed by atoms with Crippen LogP contribution in [0.15, 0.2) is 0 Å². The molecule has 1 aliphatic rings. The molecule has 1 aliphatic heterocycles. The number of piperazine rings is 1. The Kier molecular flexibility index (Phi) is 3.98. The first-order valence-electron chi connectivity index (χ1n) is 4.81. The lowest BCUT2D eigenvalue weighted by Crippen LogP contribution is -2.46. The molecule has 1 saturated heterocycles. The zero-order chi connectivity index (χ0) is 8.97. The van der Waals surface area contributed by atoms with Crippen LogP contribution in [0.1, 0.15) is 13.3 Å². The van der Waals surface area contributed by atoms with Gasteiger partial charge in [0.25, 0.3) is 0 Å². The Bertz CT molecular complexity index is 122. The quantitative estimate of drug-likeness (QED) is 0.649. The van der Waals surface area contributed by atoms with Crippen molar-refractivity contribution in [2.45, 2.75) is 19.4 Å². The van der Waals surface area contributed by atoms with Gasteiger partial charge >= 0.3 is 0 Å². The van der Waals surface area contributed by atoms with Gasteiger partial charge in [-0.25, -0.2) is 0 Å². The summed E-state index contributed by atoms with van der Waals surface area (Å²) in [5.41, 5.74) is 0. The molecular formula is C9H20N2O. The predicted octanol–water partition coefficient (Wildman–Crippen LogP) is 0.00470. The van der Waals surface area contributed by atoms with E-state index in [1.165, 1.54) is 0 Å². The molecule has 0 amide bonds. The normalized spacial score (nSPS) is 24.2. The highest BCUT2D eigenvalue weighted by molar-refractivity contribution is 4.71. The van der Waals surface area contributed by atoms with Gasteiger partial charge in [0.15, 0.2) is 0 Å². The molecule has 1 unspecified atom stereocenters. The molecule has 3 heteroatoms. The maximum atomic E-state index is 9.42. The van der Waals surface area contributed by atoms with Crippen molar-refractivity contribution >= 4 is 0 Å². The third-order valence-corrected chi connectivity index (χ3v) is 2.54. The van der Waals surface area contributed by atoms with Gasteiger partial charge in [-0.2, -0.15) is 0 Å². The molecule has 1 atom stereocenters. The smallest absolute Gasteiger partial charge is 0.0664 e. The first-order chi connectivity index (χ1) is 5.72. The summed E-state index contributed by atoms with van der Waals surface area (Å²) in [5, 5.41) is 9.42. The van der Waals surface area contributed by atoms with Gasteiger partial charge in [0, 0.05) is 32.7 Å². The number of rotatable bonds is 3. The fourth-order valence-electron chi connectivity index (χ4n) is 1.46. The van der Waals surface area contributed by atoms with Crippen molar-refractivity contribution in [3.8, 4) is 0 Å². The molecule has 72 valence electrons. The van der Waals surface area contributed by atoms with Crippen LogP contribution in [0.5, 0.6) is 0 Å². The largest absolute Gasteiger partial charge is 0.392 e. The molecule has 1 heterocycles. The molecule has 0 aromatic heterocycles. The summed E-state index contributed by atoms with van der Waals surface area (Å²) in [6.07, 6.45) is 0.736. The number of β-amino-alcohol motifs (C(OH)–C–C–N with tert-alkyl or cyclic N) is 1. The second-order valence-corrected chi connectivity index (χ2v) is 3.67. The summed E-state index contributed by atoms with van der Waals surface area (Å²) in [4.78, 5) is 4.67. The van der Waals surface area contributed by atoms with Crippen LogP contribution in [0, 0.1) is 0 Å². The van der Waals surface area contributed by atoms with E-state index in [0.29, 0.717) is 0 Å². The number of nitrogens with zero attached hydrogens (tertiary/aromatic N) is 2. The molecule has 0 aromatic rings.